The third-order valence-electron chi connectivity index (χ3n) is 4.93. The molecule has 1 aliphatic heterocycles. The van der Waals surface area contributed by atoms with E-state index in [2.05, 4.69) is 10.4 Å². The molecule has 0 bridgehead atoms. The van der Waals surface area contributed by atoms with Crippen molar-refractivity contribution in [3.63, 3.8) is 0 Å². The van der Waals surface area contributed by atoms with Gasteiger partial charge in [-0.05, 0) is 64.2 Å². The molecule has 1 N–H and O–H groups in total. The quantitative estimate of drug-likeness (QED) is 0.805. The summed E-state index contributed by atoms with van der Waals surface area (Å²) >= 11 is 0. The molecule has 1 atom stereocenters. The maximum absolute atomic E-state index is 13.9. The molecule has 8 heteroatoms. The molecule has 30 heavy (non-hydrogen) atoms. The van der Waals surface area contributed by atoms with Gasteiger partial charge in [0.25, 0.3) is 5.91 Å². The molecule has 0 saturated carbocycles. The highest BCUT2D eigenvalue weighted by Gasteiger charge is 2.27. The molecule has 2 aromatic rings. The summed E-state index contributed by atoms with van der Waals surface area (Å²) in [6.07, 6.45) is 3.98. The van der Waals surface area contributed by atoms with E-state index in [9.17, 15) is 14.0 Å². The van der Waals surface area contributed by atoms with Gasteiger partial charge in [-0.15, -0.1) is 0 Å². The number of para-hydroxylation sites is 1. The van der Waals surface area contributed by atoms with E-state index >= 15 is 0 Å². The summed E-state index contributed by atoms with van der Waals surface area (Å²) in [5, 5.41) is 7.04. The van der Waals surface area contributed by atoms with Gasteiger partial charge in [0, 0.05) is 25.8 Å². The Morgan fingerprint density at radius 2 is 2.03 bits per heavy atom. The predicted molar refractivity (Wildman–Crippen MR) is 111 cm³/mol. The number of rotatable bonds is 5. The zero-order valence-electron chi connectivity index (χ0n) is 17.7. The number of hydrogen-bond donors (Lipinski definition) is 1. The Kier molecular flexibility index (Phi) is 6.74. The van der Waals surface area contributed by atoms with Crippen molar-refractivity contribution in [2.24, 2.45) is 5.92 Å². The number of halogens is 1. The van der Waals surface area contributed by atoms with Gasteiger partial charge >= 0.3 is 6.09 Å². The Morgan fingerprint density at radius 1 is 1.27 bits per heavy atom. The molecule has 1 aliphatic rings. The lowest BCUT2D eigenvalue weighted by Crippen LogP contribution is -2.43. The number of aromatic nitrogens is 2. The van der Waals surface area contributed by atoms with E-state index in [0.29, 0.717) is 31.2 Å². The van der Waals surface area contributed by atoms with Gasteiger partial charge < -0.3 is 15.0 Å². The third kappa shape index (κ3) is 5.81. The molecule has 2 heterocycles. The molecular formula is C22H29FN4O3. The van der Waals surface area contributed by atoms with Crippen molar-refractivity contribution in [2.45, 2.75) is 45.6 Å². The van der Waals surface area contributed by atoms with Crippen molar-refractivity contribution in [1.29, 1.82) is 0 Å². The standard InChI is InChI=1S/C22H29FN4O3/c1-22(2,3)30-21(29)26-13-6-7-16(15-26)10-12-24-20(28)18-11-14-27(25-18)19-9-5-4-8-17(19)23/h4-5,8-9,11,14,16H,6-7,10,12-13,15H2,1-3H3,(H,24,28). The van der Waals surface area contributed by atoms with Crippen LogP contribution in [0.25, 0.3) is 5.69 Å². The number of carbonyl (C=O) groups is 2. The van der Waals surface area contributed by atoms with Crippen LogP contribution in [0.5, 0.6) is 0 Å². The minimum Gasteiger partial charge on any atom is -0.444 e. The summed E-state index contributed by atoms with van der Waals surface area (Å²) in [5.41, 5.74) is 0.0163. The van der Waals surface area contributed by atoms with Crippen molar-refractivity contribution in [3.8, 4) is 5.69 Å². The van der Waals surface area contributed by atoms with Crippen molar-refractivity contribution in [3.05, 3.63) is 48.0 Å². The summed E-state index contributed by atoms with van der Waals surface area (Å²) in [6, 6.07) is 7.83. The second-order valence-corrected chi connectivity index (χ2v) is 8.58. The summed E-state index contributed by atoms with van der Waals surface area (Å²) in [4.78, 5) is 26.4. The van der Waals surface area contributed by atoms with E-state index in [0.717, 1.165) is 19.3 Å². The molecule has 7 nitrogen and oxygen atoms in total. The van der Waals surface area contributed by atoms with Crippen LogP contribution in [-0.4, -0.2) is 51.9 Å². The number of nitrogens with one attached hydrogen (secondary N) is 1. The van der Waals surface area contributed by atoms with E-state index in [1.54, 1.807) is 35.4 Å². The largest absolute Gasteiger partial charge is 0.444 e. The highest BCUT2D eigenvalue weighted by atomic mass is 19.1. The Morgan fingerprint density at radius 3 is 2.77 bits per heavy atom. The van der Waals surface area contributed by atoms with Gasteiger partial charge in [-0.2, -0.15) is 5.10 Å². The van der Waals surface area contributed by atoms with Crippen LogP contribution < -0.4 is 5.32 Å². The minimum absolute atomic E-state index is 0.234. The number of hydrogen-bond acceptors (Lipinski definition) is 4. The lowest BCUT2D eigenvalue weighted by Gasteiger charge is -2.34. The number of benzene rings is 1. The molecule has 0 spiro atoms. The third-order valence-corrected chi connectivity index (χ3v) is 4.93. The predicted octanol–water partition coefficient (Wildman–Crippen LogP) is 3.78. The molecular weight excluding hydrogens is 387 g/mol. The summed E-state index contributed by atoms with van der Waals surface area (Å²) in [5.74, 6) is -0.396. The SMILES string of the molecule is CC(C)(C)OC(=O)N1CCCC(CCNC(=O)c2ccn(-c3ccccc3F)n2)C1. The summed E-state index contributed by atoms with van der Waals surface area (Å²) < 4.78 is 20.7. The topological polar surface area (TPSA) is 76.5 Å². The first-order valence-corrected chi connectivity index (χ1v) is 10.3. The van der Waals surface area contributed by atoms with Gasteiger partial charge in [-0.1, -0.05) is 12.1 Å². The van der Waals surface area contributed by atoms with Crippen LogP contribution in [0.3, 0.4) is 0 Å². The fourth-order valence-corrected chi connectivity index (χ4v) is 3.49. The molecule has 3 rings (SSSR count). The molecule has 1 fully saturated rings. The van der Waals surface area contributed by atoms with E-state index in [1.807, 2.05) is 20.8 Å². The molecule has 1 saturated heterocycles. The van der Waals surface area contributed by atoms with Gasteiger partial charge in [-0.25, -0.2) is 13.9 Å². The van der Waals surface area contributed by atoms with Crippen LogP contribution in [0.2, 0.25) is 0 Å². The Hall–Kier alpha value is -2.90. The van der Waals surface area contributed by atoms with Crippen LogP contribution in [0.1, 0.15) is 50.5 Å². The van der Waals surface area contributed by atoms with Crippen LogP contribution in [0.15, 0.2) is 36.5 Å². The van der Waals surface area contributed by atoms with E-state index < -0.39 is 11.4 Å². The minimum atomic E-state index is -0.510. The zero-order valence-corrected chi connectivity index (χ0v) is 17.7. The monoisotopic (exact) mass is 416 g/mol. The second-order valence-electron chi connectivity index (χ2n) is 8.58. The van der Waals surface area contributed by atoms with E-state index in [4.69, 9.17) is 4.74 Å². The molecule has 1 unspecified atom stereocenters. The van der Waals surface area contributed by atoms with E-state index in [-0.39, 0.29) is 17.7 Å². The highest BCUT2D eigenvalue weighted by molar-refractivity contribution is 5.92. The smallest absolute Gasteiger partial charge is 0.410 e. The Balaban J connectivity index is 1.48. The second kappa shape index (κ2) is 9.28. The molecule has 0 aliphatic carbocycles. The van der Waals surface area contributed by atoms with Gasteiger partial charge in [-0.3, -0.25) is 4.79 Å². The number of nitrogens with zero attached hydrogens (tertiary/aromatic N) is 3. The Bertz CT molecular complexity index is 891. The summed E-state index contributed by atoms with van der Waals surface area (Å²) in [7, 11) is 0. The van der Waals surface area contributed by atoms with Crippen molar-refractivity contribution in [1.82, 2.24) is 20.0 Å². The van der Waals surface area contributed by atoms with Crippen LogP contribution in [0.4, 0.5) is 9.18 Å². The van der Waals surface area contributed by atoms with Crippen molar-refractivity contribution >= 4 is 12.0 Å². The lowest BCUT2D eigenvalue weighted by molar-refractivity contribution is 0.0161. The number of piperidine rings is 1. The average molecular weight is 416 g/mol. The average Bonchev–Trinajstić information content (AvgIpc) is 3.17. The molecule has 2 amide bonds. The van der Waals surface area contributed by atoms with E-state index in [1.165, 1.54) is 10.7 Å². The molecule has 162 valence electrons. The van der Waals surface area contributed by atoms with Crippen molar-refractivity contribution < 1.29 is 18.7 Å². The maximum atomic E-state index is 13.9. The van der Waals surface area contributed by atoms with Gasteiger partial charge in [0.05, 0.1) is 0 Å². The summed E-state index contributed by atoms with van der Waals surface area (Å²) in [6.45, 7) is 7.39. The first kappa shape index (κ1) is 21.8. The van der Waals surface area contributed by atoms with Gasteiger partial charge in [0.1, 0.15) is 17.1 Å². The van der Waals surface area contributed by atoms with Crippen LogP contribution in [-0.2, 0) is 4.74 Å². The van der Waals surface area contributed by atoms with Gasteiger partial charge in [0.15, 0.2) is 5.69 Å². The van der Waals surface area contributed by atoms with Crippen LogP contribution >= 0.6 is 0 Å². The van der Waals surface area contributed by atoms with Gasteiger partial charge in [0.2, 0.25) is 0 Å². The number of carbonyl (C=O) groups excluding carboxylic acids is 2. The lowest BCUT2D eigenvalue weighted by atomic mass is 9.95. The number of amides is 2. The number of ether oxygens (including phenoxy) is 1. The first-order chi connectivity index (χ1) is 14.2. The fraction of sp³-hybridized carbons (Fsp3) is 0.500. The highest BCUT2D eigenvalue weighted by Crippen LogP contribution is 2.21. The Labute approximate surface area is 176 Å². The maximum Gasteiger partial charge on any atom is 0.410 e. The van der Waals surface area contributed by atoms with Crippen LogP contribution in [0, 0.1) is 11.7 Å². The fourth-order valence-electron chi connectivity index (χ4n) is 3.49. The molecule has 1 aromatic heterocycles. The van der Waals surface area contributed by atoms with Crippen molar-refractivity contribution in [2.75, 3.05) is 19.6 Å². The molecule has 0 radical (unpaired) electrons. The molecule has 1 aromatic carbocycles. The zero-order chi connectivity index (χ0) is 21.7. The first-order valence-electron chi connectivity index (χ1n) is 10.3. The number of likely N-dealkylation sites (tertiary alicyclic amines) is 1. The normalized spacial score (nSPS) is 16.9.